The Bertz CT molecular complexity index is 2090. The number of allylic oxidation sites excluding steroid dienone is 4. The first-order chi connectivity index (χ1) is 22.2. The van der Waals surface area contributed by atoms with Crippen molar-refractivity contribution in [3.05, 3.63) is 192 Å². The van der Waals surface area contributed by atoms with Crippen LogP contribution in [0.25, 0.3) is 43.4 Å². The molecule has 0 fully saturated rings. The Morgan fingerprint density at radius 3 is 2.11 bits per heavy atom. The van der Waals surface area contributed by atoms with E-state index in [2.05, 4.69) is 107 Å². The average molecular weight is 746 g/mol. The zero-order valence-corrected chi connectivity index (χ0v) is 30.5. The Labute approximate surface area is 310 Å². The van der Waals surface area contributed by atoms with E-state index in [0.29, 0.717) is 0 Å². The Kier molecular flexibility index (Phi) is 14.0. The molecule has 4 heteroatoms. The molecule has 7 aromatic rings. The van der Waals surface area contributed by atoms with Crippen LogP contribution in [0, 0.1) is 18.2 Å². The molecule has 0 unspecified atom stereocenters. The van der Waals surface area contributed by atoms with Gasteiger partial charge in [-0.2, -0.15) is 6.08 Å². The SMILES string of the molecule is Cl.Cl.Clc1cccc([CH]=[Zr])c1.[C-]1=CC=CC1.[c-]1cccc2c1c1c(c3ccccc32)-c2ccccc2C1.[c-]1cccc2ccccc12. The van der Waals surface area contributed by atoms with Crippen LogP contribution in [-0.2, 0) is 30.7 Å². The predicted octanol–water partition coefficient (Wildman–Crippen LogP) is 12.2. The minimum atomic E-state index is 0. The first-order valence-electron chi connectivity index (χ1n) is 15.0. The number of fused-ring (bicyclic) bond motifs is 9. The fourth-order valence-electron chi connectivity index (χ4n) is 5.73. The van der Waals surface area contributed by atoms with Crippen molar-refractivity contribution in [1.82, 2.24) is 0 Å². The summed E-state index contributed by atoms with van der Waals surface area (Å²) in [7, 11) is 0. The summed E-state index contributed by atoms with van der Waals surface area (Å²) in [4.78, 5) is 0. The maximum Gasteiger partial charge on any atom is -0.0240 e. The first-order valence-corrected chi connectivity index (χ1v) is 16.8. The van der Waals surface area contributed by atoms with E-state index in [4.69, 9.17) is 11.6 Å². The quantitative estimate of drug-likeness (QED) is 0.116. The molecule has 0 radical (unpaired) electrons. The summed E-state index contributed by atoms with van der Waals surface area (Å²) < 4.78 is 2.11. The van der Waals surface area contributed by atoms with Gasteiger partial charge in [0, 0.05) is 0 Å². The number of hydrogen-bond acceptors (Lipinski definition) is 0. The summed E-state index contributed by atoms with van der Waals surface area (Å²) in [6.45, 7) is 0. The van der Waals surface area contributed by atoms with Crippen LogP contribution < -0.4 is 0 Å². The van der Waals surface area contributed by atoms with Crippen LogP contribution >= 0.6 is 36.4 Å². The maximum atomic E-state index is 5.71. The van der Waals surface area contributed by atoms with E-state index in [1.807, 2.05) is 66.7 Å². The summed E-state index contributed by atoms with van der Waals surface area (Å²) in [6.07, 6.45) is 11.0. The fourth-order valence-corrected chi connectivity index (χ4v) is 6.37. The summed E-state index contributed by atoms with van der Waals surface area (Å²) in [6, 6.07) is 52.6. The molecule has 2 aliphatic rings. The Morgan fingerprint density at radius 1 is 0.681 bits per heavy atom. The zero-order valence-electron chi connectivity index (χ0n) is 25.6. The molecule has 0 saturated carbocycles. The van der Waals surface area contributed by atoms with Gasteiger partial charge in [0.2, 0.25) is 0 Å². The fraction of sp³-hybridized carbons (Fsp3) is 0.0465. The molecule has 9 rings (SSSR count). The zero-order chi connectivity index (χ0) is 30.8. The van der Waals surface area contributed by atoms with Gasteiger partial charge in [0.25, 0.3) is 0 Å². The predicted molar refractivity (Wildman–Crippen MR) is 204 cm³/mol. The van der Waals surface area contributed by atoms with Crippen molar-refractivity contribution in [2.45, 2.75) is 12.8 Å². The van der Waals surface area contributed by atoms with Gasteiger partial charge in [-0.25, -0.2) is 12.2 Å². The standard InChI is InChI=1S/C21H13.C10H7.C7H5Cl.C5H5.2ClH.Zr/c1-2-8-15-14(7-1)13-20-18-11-4-3-9-16(18)17-10-5-6-12-19(17)21(15)20;1-2-6-10-8-4-3-7-9(10)5-1;1-6-3-2-4-7(8)5-6;1-2-4-5-3-1;;;/h1-10,12H,13H2;1-7H;1-5H;1-3H,4H2;2*1H;/q2*-1;;-1;;;. The van der Waals surface area contributed by atoms with Crippen LogP contribution in [0.3, 0.4) is 0 Å². The van der Waals surface area contributed by atoms with Gasteiger partial charge in [0.1, 0.15) is 0 Å². The van der Waals surface area contributed by atoms with Crippen LogP contribution in [0.4, 0.5) is 0 Å². The number of rotatable bonds is 1. The van der Waals surface area contributed by atoms with E-state index in [1.54, 1.807) is 0 Å². The van der Waals surface area contributed by atoms with Gasteiger partial charge in [0.15, 0.2) is 0 Å². The van der Waals surface area contributed by atoms with Gasteiger partial charge in [-0.1, -0.05) is 66.0 Å². The maximum absolute atomic E-state index is 5.71. The molecule has 0 N–H and O–H groups in total. The van der Waals surface area contributed by atoms with Crippen LogP contribution in [0.2, 0.25) is 5.02 Å². The Morgan fingerprint density at radius 2 is 1.38 bits per heavy atom. The first kappa shape index (κ1) is 36.3. The second-order valence-corrected chi connectivity index (χ2v) is 11.8. The minimum absolute atomic E-state index is 0. The molecule has 0 heterocycles. The summed E-state index contributed by atoms with van der Waals surface area (Å²) in [5, 5.41) is 8.55. The van der Waals surface area contributed by atoms with E-state index in [9.17, 15) is 0 Å². The topological polar surface area (TPSA) is 0 Å². The summed E-state index contributed by atoms with van der Waals surface area (Å²) >= 11 is 7.12. The number of hydrogen-bond donors (Lipinski definition) is 0. The van der Waals surface area contributed by atoms with E-state index in [1.165, 1.54) is 84.4 Å². The van der Waals surface area contributed by atoms with Gasteiger partial charge in [-0.3, -0.25) is 6.08 Å². The molecule has 0 aromatic heterocycles. The van der Waals surface area contributed by atoms with Crippen LogP contribution in [-0.4, -0.2) is 3.71 Å². The molecule has 2 aliphatic carbocycles. The minimum Gasteiger partial charge on any atom is -0.273 e. The molecule has 47 heavy (non-hydrogen) atoms. The molecule has 7 aromatic carbocycles. The van der Waals surface area contributed by atoms with E-state index in [0.717, 1.165) is 17.9 Å². The van der Waals surface area contributed by atoms with Gasteiger partial charge < -0.3 is 0 Å². The average Bonchev–Trinajstić information content (AvgIpc) is 3.82. The van der Waals surface area contributed by atoms with Crippen molar-refractivity contribution in [2.75, 3.05) is 0 Å². The molecule has 0 amide bonds. The smallest absolute Gasteiger partial charge is 0.0240 e. The Hall–Kier alpha value is -3.58. The van der Waals surface area contributed by atoms with Crippen LogP contribution in [0.15, 0.2) is 152 Å². The van der Waals surface area contributed by atoms with E-state index >= 15 is 0 Å². The van der Waals surface area contributed by atoms with Crippen molar-refractivity contribution in [3.63, 3.8) is 0 Å². The molecule has 0 saturated heterocycles. The second-order valence-electron chi connectivity index (χ2n) is 10.7. The van der Waals surface area contributed by atoms with Crippen molar-refractivity contribution in [1.29, 1.82) is 0 Å². The third-order valence-electron chi connectivity index (χ3n) is 7.77. The number of benzene rings is 7. The Balaban J connectivity index is 0.000000161. The molecule has 0 spiro atoms. The van der Waals surface area contributed by atoms with Gasteiger partial charge in [-0.15, -0.1) is 119 Å². The third-order valence-corrected chi connectivity index (χ3v) is 8.83. The molecular formula is C43H32Cl3Zr-3. The molecular weight excluding hydrogens is 714 g/mol. The van der Waals surface area contributed by atoms with Gasteiger partial charge >= 0.3 is 74.4 Å². The van der Waals surface area contributed by atoms with Crippen LogP contribution in [0.5, 0.6) is 0 Å². The largest absolute Gasteiger partial charge is 0.273 e. The van der Waals surface area contributed by atoms with Crippen molar-refractivity contribution in [3.8, 4) is 11.1 Å². The number of halogens is 3. The third kappa shape index (κ3) is 8.87. The van der Waals surface area contributed by atoms with Crippen molar-refractivity contribution < 1.29 is 24.2 Å². The molecule has 0 bridgehead atoms. The van der Waals surface area contributed by atoms with Gasteiger partial charge in [-0.05, 0) is 28.5 Å². The van der Waals surface area contributed by atoms with E-state index in [-0.39, 0.29) is 24.8 Å². The molecule has 0 atom stereocenters. The normalized spacial score (nSPS) is 11.3. The monoisotopic (exact) mass is 743 g/mol. The van der Waals surface area contributed by atoms with Crippen LogP contribution in [0.1, 0.15) is 23.1 Å². The molecule has 232 valence electrons. The summed E-state index contributed by atoms with van der Waals surface area (Å²) in [5.41, 5.74) is 6.88. The molecule has 0 aliphatic heterocycles. The molecule has 0 nitrogen and oxygen atoms in total. The summed E-state index contributed by atoms with van der Waals surface area (Å²) in [5.74, 6) is 0. The van der Waals surface area contributed by atoms with E-state index < -0.39 is 0 Å². The van der Waals surface area contributed by atoms with Crippen molar-refractivity contribution >= 4 is 72.4 Å². The van der Waals surface area contributed by atoms with Gasteiger partial charge in [0.05, 0.1) is 0 Å². The van der Waals surface area contributed by atoms with Crippen molar-refractivity contribution in [2.24, 2.45) is 0 Å². The second kappa shape index (κ2) is 18.1.